The predicted molar refractivity (Wildman–Crippen MR) is 353 cm³/mol. The van der Waals surface area contributed by atoms with Crippen LogP contribution < -0.4 is 9.47 Å². The summed E-state index contributed by atoms with van der Waals surface area (Å²) in [6, 6.07) is 18.2. The van der Waals surface area contributed by atoms with Crippen molar-refractivity contribution in [1.29, 1.82) is 0 Å². The average molecular weight is 1220 g/mol. The van der Waals surface area contributed by atoms with Gasteiger partial charge in [-0.25, -0.2) is 0 Å². The topological polar surface area (TPSA) is 164 Å². The minimum atomic E-state index is -0.919. The maximum absolute atomic E-state index is 12.3. The van der Waals surface area contributed by atoms with E-state index in [4.69, 9.17) is 22.3 Å². The predicted octanol–water partition coefficient (Wildman–Crippen LogP) is 15.4. The smallest absolute Gasteiger partial charge is 0.155 e. The van der Waals surface area contributed by atoms with Gasteiger partial charge >= 0.3 is 0 Å². The summed E-state index contributed by atoms with van der Waals surface area (Å²) in [6.07, 6.45) is 42.6. The van der Waals surface area contributed by atoms with Crippen molar-refractivity contribution >= 4 is 40.1 Å². The molecule has 3 N–H and O–H groups in total. The zero-order valence-electron chi connectivity index (χ0n) is 54.6. The molecule has 11 aliphatic carbocycles. The van der Waals surface area contributed by atoms with Gasteiger partial charge in [0.15, 0.2) is 5.78 Å². The summed E-state index contributed by atoms with van der Waals surface area (Å²) in [5.41, 5.74) is 8.25. The van der Waals surface area contributed by atoms with Crippen molar-refractivity contribution in [2.24, 2.45) is 57.2 Å². The molecule has 0 heterocycles. The molecule has 0 spiro atoms. The first-order valence-electron chi connectivity index (χ1n) is 34.5. The van der Waals surface area contributed by atoms with E-state index >= 15 is 0 Å². The maximum Gasteiger partial charge on any atom is 0.155 e. The highest BCUT2D eigenvalue weighted by atomic mass is 16.5. The van der Waals surface area contributed by atoms with Gasteiger partial charge in [-0.15, -0.1) is 12.8 Å². The van der Waals surface area contributed by atoms with Crippen LogP contribution in [0.25, 0.3) is 11.1 Å². The van der Waals surface area contributed by atoms with Crippen LogP contribution in [0.3, 0.4) is 0 Å². The monoisotopic (exact) mass is 1220 g/mol. The van der Waals surface area contributed by atoms with Gasteiger partial charge in [-0.3, -0.25) is 24.0 Å². The quantitative estimate of drug-likeness (QED) is 0.146. The number of allylic oxidation sites excluding steroid dienone is 5. The summed E-state index contributed by atoms with van der Waals surface area (Å²) >= 11 is 0. The molecule has 0 bridgehead atoms. The van der Waals surface area contributed by atoms with Crippen molar-refractivity contribution in [3.8, 4) is 41.9 Å². The van der Waals surface area contributed by atoms with E-state index < -0.39 is 22.0 Å². The number of ketones is 5. The second-order valence-corrected chi connectivity index (χ2v) is 29.3. The van der Waals surface area contributed by atoms with E-state index in [0.29, 0.717) is 97.9 Å². The largest absolute Gasteiger partial charge is 0.508 e. The average Bonchev–Trinajstić information content (AvgIpc) is 1.52. The van der Waals surface area contributed by atoms with Gasteiger partial charge in [0.1, 0.15) is 51.6 Å². The molecule has 11 aliphatic rings. The fourth-order valence-electron chi connectivity index (χ4n) is 20.3. The number of hydrogen-bond acceptors (Lipinski definition) is 10. The number of benzene rings is 3. The lowest BCUT2D eigenvalue weighted by molar-refractivity contribution is -0.135. The molecule has 0 aliphatic heterocycles. The SMILES string of the molecule is C#C[C@]1(O)CC[C@H]2[C@@H]3CCC4=CC(=O)CCC4[C@H]3CC[C@@]21CC.C#C[C@]1(O)CC[C@H]2[C@@H]3CCc4cc(O)ccc4[C@H]3CC[C@@]21C.CCC1(C/C=C2\CCCc3cc(OC)ccc32)C(=O)CCC1=O.COc1ccc2c(c1)CCC/C2=C\CC1(C)C(=O)CCC1=O. The Balaban J connectivity index is 0.000000123. The van der Waals surface area contributed by atoms with E-state index in [1.165, 1.54) is 62.9 Å². The maximum atomic E-state index is 12.3. The number of aliphatic hydroxyl groups is 2. The number of hydrogen-bond donors (Lipinski definition) is 3. The van der Waals surface area contributed by atoms with Gasteiger partial charge in [0, 0.05) is 42.9 Å². The van der Waals surface area contributed by atoms with Crippen LogP contribution >= 0.6 is 0 Å². The lowest BCUT2D eigenvalue weighted by Crippen LogP contribution is -2.53. The number of terminal acetylenes is 2. The van der Waals surface area contributed by atoms with Crippen molar-refractivity contribution in [2.75, 3.05) is 14.2 Å². The van der Waals surface area contributed by atoms with Gasteiger partial charge in [-0.2, -0.15) is 0 Å². The summed E-state index contributed by atoms with van der Waals surface area (Å²) in [4.78, 5) is 60.4. The number of rotatable bonds is 8. The Bertz CT molecular complexity index is 3460. The molecule has 7 fully saturated rings. The van der Waals surface area contributed by atoms with Crippen molar-refractivity contribution in [3.05, 3.63) is 112 Å². The van der Waals surface area contributed by atoms with Crippen LogP contribution in [-0.2, 0) is 43.2 Å². The highest BCUT2D eigenvalue weighted by molar-refractivity contribution is 6.13. The van der Waals surface area contributed by atoms with Gasteiger partial charge in [-0.05, 0) is 283 Å². The molecule has 7 saturated carbocycles. The molecule has 0 radical (unpaired) electrons. The van der Waals surface area contributed by atoms with E-state index in [1.807, 2.05) is 37.3 Å². The molecule has 0 amide bonds. The first-order valence-corrected chi connectivity index (χ1v) is 34.5. The molecule has 11 atom stereocenters. The number of fused-ring (bicyclic) bond motifs is 12. The fourth-order valence-corrected chi connectivity index (χ4v) is 20.3. The Hall–Kier alpha value is -6.33. The molecule has 0 saturated heterocycles. The number of aromatic hydroxyl groups is 1. The number of ether oxygens (including phenoxy) is 2. The van der Waals surface area contributed by atoms with Crippen molar-refractivity contribution < 1.29 is 48.8 Å². The molecule has 14 rings (SSSR count). The second-order valence-electron chi connectivity index (χ2n) is 29.3. The van der Waals surface area contributed by atoms with Crippen LogP contribution in [0.15, 0.2) is 78.4 Å². The lowest BCUT2D eigenvalue weighted by Gasteiger charge is -2.55. The highest BCUT2D eigenvalue weighted by Gasteiger charge is 2.64. The van der Waals surface area contributed by atoms with E-state index in [1.54, 1.807) is 21.1 Å². The normalized spacial score (nSPS) is 33.8. The molecule has 3 aromatic rings. The molecule has 10 nitrogen and oxygen atoms in total. The van der Waals surface area contributed by atoms with E-state index in [9.17, 15) is 39.3 Å². The molecule has 3 aromatic carbocycles. The third-order valence-corrected chi connectivity index (χ3v) is 25.7. The molecular weight excluding hydrogens is 1120 g/mol. The summed E-state index contributed by atoms with van der Waals surface area (Å²) in [5, 5.41) is 31.7. The number of phenols is 1. The molecule has 0 aromatic heterocycles. The first kappa shape index (κ1) is 65.2. The molecular formula is C80H98O10. The van der Waals surface area contributed by atoms with Crippen LogP contribution in [0, 0.1) is 81.9 Å². The van der Waals surface area contributed by atoms with Crippen LogP contribution in [0.4, 0.5) is 0 Å². The van der Waals surface area contributed by atoms with Gasteiger partial charge < -0.3 is 24.8 Å². The third-order valence-electron chi connectivity index (χ3n) is 25.7. The third kappa shape index (κ3) is 11.4. The summed E-state index contributed by atoms with van der Waals surface area (Å²) in [6.45, 7) is 8.19. The number of methoxy groups -OCH3 is 2. The van der Waals surface area contributed by atoms with Crippen LogP contribution in [-0.4, -0.2) is 69.7 Å². The van der Waals surface area contributed by atoms with Crippen molar-refractivity contribution in [2.45, 2.75) is 225 Å². The van der Waals surface area contributed by atoms with Crippen LogP contribution in [0.1, 0.15) is 228 Å². The Morgan fingerprint density at radius 2 is 1.13 bits per heavy atom. The molecule has 10 heteroatoms. The van der Waals surface area contributed by atoms with E-state index in [-0.39, 0.29) is 34.0 Å². The summed E-state index contributed by atoms with van der Waals surface area (Å²) < 4.78 is 10.6. The Kier molecular flexibility index (Phi) is 18.8. The molecule has 90 heavy (non-hydrogen) atoms. The summed E-state index contributed by atoms with van der Waals surface area (Å²) in [5.74, 6) is 12.8. The summed E-state index contributed by atoms with van der Waals surface area (Å²) in [7, 11) is 3.36. The number of Topliss-reactive ketones (excluding diaryl/α,β-unsaturated/α-hetero) is 4. The lowest BCUT2D eigenvalue weighted by atomic mass is 9.49. The highest BCUT2D eigenvalue weighted by Crippen LogP contribution is 2.67. The van der Waals surface area contributed by atoms with Crippen molar-refractivity contribution in [3.63, 3.8) is 0 Å². The number of phenolic OH excluding ortho intramolecular Hbond substituents is 1. The minimum Gasteiger partial charge on any atom is -0.508 e. The molecule has 478 valence electrons. The second kappa shape index (κ2) is 26.0. The molecule has 1 unspecified atom stereocenters. The Labute approximate surface area is 535 Å². The van der Waals surface area contributed by atoms with E-state index in [2.05, 4.69) is 68.2 Å². The number of carbonyl (C=O) groups excluding carboxylic acids is 5. The zero-order valence-corrected chi connectivity index (χ0v) is 54.6. The fraction of sp³-hybridized carbons (Fsp3) is 0.588. The van der Waals surface area contributed by atoms with Crippen molar-refractivity contribution in [1.82, 2.24) is 0 Å². The Morgan fingerprint density at radius 1 is 0.544 bits per heavy atom. The number of carbonyl (C=O) groups is 5. The van der Waals surface area contributed by atoms with Crippen LogP contribution in [0.5, 0.6) is 17.2 Å². The van der Waals surface area contributed by atoms with Crippen LogP contribution in [0.2, 0.25) is 0 Å². The first-order chi connectivity index (χ1) is 43.2. The van der Waals surface area contributed by atoms with Gasteiger partial charge in [0.2, 0.25) is 0 Å². The van der Waals surface area contributed by atoms with Gasteiger partial charge in [0.05, 0.1) is 25.0 Å². The van der Waals surface area contributed by atoms with Gasteiger partial charge in [0.25, 0.3) is 0 Å². The Morgan fingerprint density at radius 3 is 1.73 bits per heavy atom. The van der Waals surface area contributed by atoms with E-state index in [0.717, 1.165) is 133 Å². The zero-order chi connectivity index (χ0) is 64.0. The number of aryl methyl sites for hydroxylation is 3. The van der Waals surface area contributed by atoms with Gasteiger partial charge in [-0.1, -0.05) is 68.5 Å². The standard InChI is InChI=1S/C21H28O2.C20H24O3.C20H24O2.C19H22O3/c1-3-20-11-9-17-16-8-6-15(22)13-14(16)5-7-18(17)19(20)10-12-21(20,23)4-2;1-3-20(18(21)9-10-19(20)22)12-11-14-5-4-6-15-13-16(23-2)7-8-17(14)15;1-3-20(22)11-9-18-17-6-4-13-12-14(21)5-7-15(13)16(17)8-10-19(18,20)2;1-19(17(20)8-9-18(19)21)11-10-13-4-3-5-14-12-15(22-2)6-7-16(13)14/h2,13,16-19,23H,3,5-12H2,1H3;7-8,11,13H,3-6,9-10,12H2,1-2H3;1,5,7,12,16-18,21-22H,4,6,8-11H2,2H3;6-7,10,12H,3-5,8-9,11H2,1-2H3/b;14-11+;;13-10+/t16?,17-,18-,19+,20+,21+;;16-,17-,18+,19+,20+;/m1.1./s1. The minimum absolute atomic E-state index is 0.0609.